The predicted octanol–water partition coefficient (Wildman–Crippen LogP) is 1.82. The summed E-state index contributed by atoms with van der Waals surface area (Å²) in [6, 6.07) is 4.28. The Balaban J connectivity index is 2.03. The van der Waals surface area contributed by atoms with Crippen LogP contribution in [0.1, 0.15) is 12.6 Å². The normalized spacial score (nSPS) is 16.6. The fraction of sp³-hybridized carbons (Fsp3) is 0.462. The van der Waals surface area contributed by atoms with Crippen molar-refractivity contribution in [1.29, 1.82) is 0 Å². The van der Waals surface area contributed by atoms with Crippen LogP contribution >= 0.6 is 0 Å². The molecule has 3 rings (SSSR count). The highest BCUT2D eigenvalue weighted by Gasteiger charge is 2.19. The molecule has 1 N–H and O–H groups in total. The molecule has 0 unspecified atom stereocenters. The maximum atomic E-state index is 4.56. The van der Waals surface area contributed by atoms with Gasteiger partial charge in [-0.1, -0.05) is 0 Å². The molecule has 3 heteroatoms. The molecule has 2 aromatic rings. The summed E-state index contributed by atoms with van der Waals surface area (Å²) in [5.41, 5.74) is 2.59. The number of nitrogens with zero attached hydrogens (tertiary/aromatic N) is 2. The first-order valence-corrected chi connectivity index (χ1v) is 6.02. The predicted molar refractivity (Wildman–Crippen MR) is 65.5 cm³/mol. The van der Waals surface area contributed by atoms with Crippen LogP contribution in [0.5, 0.6) is 0 Å². The Kier molecular flexibility index (Phi) is 2.40. The van der Waals surface area contributed by atoms with Crippen LogP contribution in [0.15, 0.2) is 24.5 Å². The fourth-order valence-electron chi connectivity index (χ4n) is 2.40. The smallest absolute Gasteiger partial charge is 0.0699 e. The highest BCUT2D eigenvalue weighted by atomic mass is 15.0. The Labute approximate surface area is 95.5 Å². The van der Waals surface area contributed by atoms with Gasteiger partial charge < -0.3 is 9.88 Å². The van der Waals surface area contributed by atoms with Crippen molar-refractivity contribution in [3.05, 3.63) is 30.2 Å². The summed E-state index contributed by atoms with van der Waals surface area (Å²) in [4.78, 5) is 4.56. The van der Waals surface area contributed by atoms with Crippen molar-refractivity contribution in [1.82, 2.24) is 14.9 Å². The molecule has 0 aromatic carbocycles. The summed E-state index contributed by atoms with van der Waals surface area (Å²) < 4.78 is 2.30. The van der Waals surface area contributed by atoms with Gasteiger partial charge in [-0.2, -0.15) is 0 Å². The van der Waals surface area contributed by atoms with Gasteiger partial charge in [0.25, 0.3) is 0 Å². The van der Waals surface area contributed by atoms with Crippen LogP contribution in [-0.4, -0.2) is 22.6 Å². The van der Waals surface area contributed by atoms with Gasteiger partial charge in [-0.15, -0.1) is 0 Å². The Hall–Kier alpha value is -1.35. The summed E-state index contributed by atoms with van der Waals surface area (Å²) in [6.07, 6.45) is 5.20. The number of fused-ring (bicyclic) bond motifs is 1. The molecule has 2 aromatic heterocycles. The largest absolute Gasteiger partial charge is 0.346 e. The van der Waals surface area contributed by atoms with Gasteiger partial charge in [0.2, 0.25) is 0 Å². The van der Waals surface area contributed by atoms with E-state index in [2.05, 4.69) is 40.1 Å². The van der Waals surface area contributed by atoms with Crippen molar-refractivity contribution < 1.29 is 0 Å². The molecular weight excluding hydrogens is 198 g/mol. The summed E-state index contributed by atoms with van der Waals surface area (Å²) in [5, 5.41) is 4.64. The van der Waals surface area contributed by atoms with E-state index in [-0.39, 0.29) is 0 Å². The zero-order chi connectivity index (χ0) is 11.0. The van der Waals surface area contributed by atoms with E-state index >= 15 is 0 Å². The minimum Gasteiger partial charge on any atom is -0.346 e. The molecule has 3 nitrogen and oxygen atoms in total. The van der Waals surface area contributed by atoms with Gasteiger partial charge in [-0.3, -0.25) is 4.98 Å². The van der Waals surface area contributed by atoms with Crippen LogP contribution in [-0.2, 0) is 13.0 Å². The van der Waals surface area contributed by atoms with Crippen molar-refractivity contribution >= 4 is 10.9 Å². The van der Waals surface area contributed by atoms with E-state index < -0.39 is 0 Å². The lowest BCUT2D eigenvalue weighted by Crippen LogP contribution is -2.43. The SMILES string of the molecule is CCn1ccc2ccnc(CC3CNC3)c21. The maximum Gasteiger partial charge on any atom is 0.0699 e. The lowest BCUT2D eigenvalue weighted by Gasteiger charge is -2.27. The number of hydrogen-bond acceptors (Lipinski definition) is 2. The molecule has 1 saturated heterocycles. The van der Waals surface area contributed by atoms with Gasteiger partial charge in [0, 0.05) is 24.3 Å². The van der Waals surface area contributed by atoms with E-state index in [1.54, 1.807) is 0 Å². The van der Waals surface area contributed by atoms with Gasteiger partial charge in [0.1, 0.15) is 0 Å². The standard InChI is InChI=1S/C13H17N3/c1-2-16-6-4-11-3-5-15-12(13(11)16)7-10-8-14-9-10/h3-6,10,14H,2,7-9H2,1H3. The third-order valence-electron chi connectivity index (χ3n) is 3.44. The lowest BCUT2D eigenvalue weighted by molar-refractivity contribution is 0.344. The van der Waals surface area contributed by atoms with E-state index in [4.69, 9.17) is 0 Å². The molecule has 1 fully saturated rings. The molecule has 0 atom stereocenters. The molecular formula is C13H17N3. The van der Waals surface area contributed by atoms with Crippen LogP contribution in [0, 0.1) is 5.92 Å². The molecule has 0 radical (unpaired) electrons. The van der Waals surface area contributed by atoms with Crippen molar-refractivity contribution in [2.45, 2.75) is 19.9 Å². The van der Waals surface area contributed by atoms with Crippen molar-refractivity contribution in [3.63, 3.8) is 0 Å². The highest BCUT2D eigenvalue weighted by Crippen LogP contribution is 2.21. The zero-order valence-corrected chi connectivity index (χ0v) is 9.61. The van der Waals surface area contributed by atoms with E-state index in [1.165, 1.54) is 16.6 Å². The Morgan fingerprint density at radius 1 is 1.44 bits per heavy atom. The van der Waals surface area contributed by atoms with Crippen LogP contribution in [0.4, 0.5) is 0 Å². The van der Waals surface area contributed by atoms with Gasteiger partial charge >= 0.3 is 0 Å². The second-order valence-electron chi connectivity index (χ2n) is 4.53. The Morgan fingerprint density at radius 3 is 3.00 bits per heavy atom. The van der Waals surface area contributed by atoms with E-state index in [0.29, 0.717) is 0 Å². The number of hydrogen-bond donors (Lipinski definition) is 1. The van der Waals surface area contributed by atoms with Gasteiger partial charge in [-0.25, -0.2) is 0 Å². The van der Waals surface area contributed by atoms with Crippen molar-refractivity contribution in [2.24, 2.45) is 5.92 Å². The number of aryl methyl sites for hydroxylation is 1. The molecule has 84 valence electrons. The van der Waals surface area contributed by atoms with Crippen LogP contribution in [0.3, 0.4) is 0 Å². The van der Waals surface area contributed by atoms with E-state index in [9.17, 15) is 0 Å². The quantitative estimate of drug-likeness (QED) is 0.846. The second kappa shape index (κ2) is 3.91. The second-order valence-corrected chi connectivity index (χ2v) is 4.53. The number of rotatable bonds is 3. The van der Waals surface area contributed by atoms with E-state index in [1.807, 2.05) is 6.20 Å². The summed E-state index contributed by atoms with van der Waals surface area (Å²) >= 11 is 0. The number of nitrogens with one attached hydrogen (secondary N) is 1. The zero-order valence-electron chi connectivity index (χ0n) is 9.61. The monoisotopic (exact) mass is 215 g/mol. The summed E-state index contributed by atoms with van der Waals surface area (Å²) in [7, 11) is 0. The molecule has 0 bridgehead atoms. The molecule has 1 aliphatic heterocycles. The minimum atomic E-state index is 0.776. The summed E-state index contributed by atoms with van der Waals surface area (Å²) in [6.45, 7) is 5.49. The van der Waals surface area contributed by atoms with Crippen LogP contribution in [0.25, 0.3) is 10.9 Å². The van der Waals surface area contributed by atoms with Gasteiger partial charge in [0.15, 0.2) is 0 Å². The average Bonchev–Trinajstić information content (AvgIpc) is 2.67. The molecule has 0 spiro atoms. The lowest BCUT2D eigenvalue weighted by atomic mass is 9.96. The first-order valence-electron chi connectivity index (χ1n) is 6.02. The first kappa shape index (κ1) is 9.85. The third kappa shape index (κ3) is 1.52. The Morgan fingerprint density at radius 2 is 2.31 bits per heavy atom. The maximum absolute atomic E-state index is 4.56. The molecule has 3 heterocycles. The van der Waals surface area contributed by atoms with Crippen molar-refractivity contribution in [2.75, 3.05) is 13.1 Å². The third-order valence-corrected chi connectivity index (χ3v) is 3.44. The van der Waals surface area contributed by atoms with Crippen LogP contribution in [0.2, 0.25) is 0 Å². The Bertz CT molecular complexity index is 497. The van der Waals surface area contributed by atoms with Crippen molar-refractivity contribution in [3.8, 4) is 0 Å². The first-order chi connectivity index (χ1) is 7.88. The molecule has 0 saturated carbocycles. The van der Waals surface area contributed by atoms with Crippen LogP contribution < -0.4 is 5.32 Å². The minimum absolute atomic E-state index is 0.776. The number of pyridine rings is 1. The molecule has 0 amide bonds. The van der Waals surface area contributed by atoms with Gasteiger partial charge in [-0.05, 0) is 44.5 Å². The molecule has 1 aliphatic rings. The molecule has 16 heavy (non-hydrogen) atoms. The summed E-state index contributed by atoms with van der Waals surface area (Å²) in [5.74, 6) is 0.776. The van der Waals surface area contributed by atoms with E-state index in [0.717, 1.165) is 32.0 Å². The number of aromatic nitrogens is 2. The van der Waals surface area contributed by atoms with Gasteiger partial charge in [0.05, 0.1) is 11.2 Å². The topological polar surface area (TPSA) is 29.9 Å². The average molecular weight is 215 g/mol. The molecule has 0 aliphatic carbocycles. The fourth-order valence-corrected chi connectivity index (χ4v) is 2.40. The highest BCUT2D eigenvalue weighted by molar-refractivity contribution is 5.82.